The van der Waals surface area contributed by atoms with Crippen molar-refractivity contribution in [2.24, 2.45) is 0 Å². The van der Waals surface area contributed by atoms with Crippen LogP contribution in [0.3, 0.4) is 0 Å². The summed E-state index contributed by atoms with van der Waals surface area (Å²) in [6.45, 7) is -0.526. The highest BCUT2D eigenvalue weighted by Gasteiger charge is 2.41. The van der Waals surface area contributed by atoms with E-state index < -0.39 is 57.2 Å². The molecule has 1 aliphatic heterocycles. The van der Waals surface area contributed by atoms with Crippen molar-refractivity contribution in [1.29, 1.82) is 0 Å². The molecule has 2 aromatic carbocycles. The van der Waals surface area contributed by atoms with E-state index in [1.807, 2.05) is 0 Å². The van der Waals surface area contributed by atoms with Crippen LogP contribution in [0.25, 0.3) is 0 Å². The fourth-order valence-electron chi connectivity index (χ4n) is 2.89. The van der Waals surface area contributed by atoms with Gasteiger partial charge < -0.3 is 10.1 Å². The predicted molar refractivity (Wildman–Crippen MR) is 98.8 cm³/mol. The number of carbonyl (C=O) groups excluding carboxylic acids is 2. The molecule has 1 fully saturated rings. The summed E-state index contributed by atoms with van der Waals surface area (Å²) in [5.41, 5.74) is -1.03. The molecule has 7 nitrogen and oxygen atoms in total. The van der Waals surface area contributed by atoms with Gasteiger partial charge in [0.05, 0.1) is 16.5 Å². The first kappa shape index (κ1) is 22.1. The van der Waals surface area contributed by atoms with E-state index in [4.69, 9.17) is 16.3 Å². The maximum absolute atomic E-state index is 13.2. The van der Waals surface area contributed by atoms with Gasteiger partial charge in [0.2, 0.25) is 5.91 Å². The zero-order valence-electron chi connectivity index (χ0n) is 14.9. The molecule has 0 saturated carbocycles. The zero-order chi connectivity index (χ0) is 22.1. The molecule has 3 rings (SSSR count). The number of nitrogens with one attached hydrogen (secondary N) is 2. The zero-order valence-corrected chi connectivity index (χ0v) is 16.5. The van der Waals surface area contributed by atoms with Gasteiger partial charge in [-0.25, -0.2) is 13.1 Å². The molecule has 1 saturated heterocycles. The summed E-state index contributed by atoms with van der Waals surface area (Å²) in [6.07, 6.45) is -6.45. The van der Waals surface area contributed by atoms with Gasteiger partial charge in [-0.15, -0.1) is 0 Å². The molecule has 0 aromatic heterocycles. The molecule has 1 aliphatic rings. The number of hydrogen-bond acceptors (Lipinski definition) is 5. The lowest BCUT2D eigenvalue weighted by Gasteiger charge is -2.31. The second-order valence-corrected chi connectivity index (χ2v) is 8.38. The first-order valence-electron chi connectivity index (χ1n) is 8.38. The van der Waals surface area contributed by atoms with Crippen molar-refractivity contribution in [3.63, 3.8) is 0 Å². The Balaban J connectivity index is 1.90. The summed E-state index contributed by atoms with van der Waals surface area (Å²) in [6, 6.07) is 8.35. The molecule has 1 heterocycles. The Morgan fingerprint density at radius 2 is 1.77 bits per heavy atom. The van der Waals surface area contributed by atoms with Crippen molar-refractivity contribution in [3.8, 4) is 0 Å². The minimum absolute atomic E-state index is 0.383. The molecule has 0 radical (unpaired) electrons. The van der Waals surface area contributed by atoms with Crippen molar-refractivity contribution in [2.45, 2.75) is 23.2 Å². The molecular weight excluding hydrogens is 449 g/mol. The van der Waals surface area contributed by atoms with E-state index in [1.54, 1.807) is 4.72 Å². The van der Waals surface area contributed by atoms with Crippen LogP contribution in [-0.2, 0) is 30.5 Å². The van der Waals surface area contributed by atoms with Crippen molar-refractivity contribution in [3.05, 3.63) is 64.7 Å². The number of ether oxygens (including phenoxy) is 1. The van der Waals surface area contributed by atoms with Gasteiger partial charge in [-0.1, -0.05) is 35.9 Å². The monoisotopic (exact) mass is 462 g/mol. The molecule has 0 spiro atoms. The second-order valence-electron chi connectivity index (χ2n) is 6.29. The van der Waals surface area contributed by atoms with Crippen molar-refractivity contribution in [2.75, 3.05) is 6.61 Å². The maximum atomic E-state index is 13.2. The molecular formula is C18H14ClF3N2O5S. The van der Waals surface area contributed by atoms with E-state index >= 15 is 0 Å². The first-order chi connectivity index (χ1) is 14.0. The highest BCUT2D eigenvalue weighted by Crippen LogP contribution is 2.34. The molecule has 30 heavy (non-hydrogen) atoms. The number of rotatable bonds is 4. The Kier molecular flexibility index (Phi) is 6.06. The normalized spacial score (nSPS) is 19.8. The van der Waals surface area contributed by atoms with Gasteiger partial charge in [-0.2, -0.15) is 13.2 Å². The average Bonchev–Trinajstić information content (AvgIpc) is 2.67. The van der Waals surface area contributed by atoms with Crippen molar-refractivity contribution in [1.82, 2.24) is 10.0 Å². The van der Waals surface area contributed by atoms with Gasteiger partial charge in [0, 0.05) is 5.02 Å². The highest BCUT2D eigenvalue weighted by atomic mass is 35.5. The minimum atomic E-state index is -4.95. The van der Waals surface area contributed by atoms with Crippen LogP contribution in [-0.4, -0.2) is 32.9 Å². The third kappa shape index (κ3) is 4.74. The SMILES string of the molecule is O=C1CO[C@@H](C(=O)NS(=O)(=O)c2ccccc2C(F)(F)F)[C@@H](c2ccc(Cl)cc2)N1. The van der Waals surface area contributed by atoms with Gasteiger partial charge in [0.25, 0.3) is 15.9 Å². The quantitative estimate of drug-likeness (QED) is 0.726. The van der Waals surface area contributed by atoms with Crippen LogP contribution >= 0.6 is 11.6 Å². The minimum Gasteiger partial charge on any atom is -0.356 e. The van der Waals surface area contributed by atoms with E-state index in [2.05, 4.69) is 5.32 Å². The van der Waals surface area contributed by atoms with Crippen molar-refractivity contribution < 1.29 is 35.9 Å². The number of hydrogen-bond donors (Lipinski definition) is 2. The molecule has 0 unspecified atom stereocenters. The molecule has 0 aliphatic carbocycles. The van der Waals surface area contributed by atoms with E-state index in [0.717, 1.165) is 18.2 Å². The fourth-order valence-corrected chi connectivity index (χ4v) is 4.24. The Labute approximate surface area is 174 Å². The average molecular weight is 463 g/mol. The molecule has 2 amide bonds. The lowest BCUT2D eigenvalue weighted by atomic mass is 9.99. The lowest BCUT2D eigenvalue weighted by molar-refractivity contribution is -0.147. The Bertz CT molecular complexity index is 1070. The standard InChI is InChI=1S/C18H14ClF3N2O5S/c19-11-7-5-10(6-8-11)15-16(29-9-14(25)23-15)17(26)24-30(27,28)13-4-2-1-3-12(13)18(20,21)22/h1-8,15-16H,9H2,(H,23,25)(H,24,26)/t15-,16-/m1/s1. The van der Waals surface area contributed by atoms with Gasteiger partial charge in [-0.05, 0) is 29.8 Å². The van der Waals surface area contributed by atoms with Crippen LogP contribution < -0.4 is 10.0 Å². The van der Waals surface area contributed by atoms with Crippen LogP contribution in [0.2, 0.25) is 5.02 Å². The van der Waals surface area contributed by atoms with Crippen LogP contribution in [0.5, 0.6) is 0 Å². The molecule has 2 N–H and O–H groups in total. The number of amides is 2. The van der Waals surface area contributed by atoms with Gasteiger partial charge in [0.1, 0.15) is 6.61 Å². The van der Waals surface area contributed by atoms with E-state index in [-0.39, 0.29) is 0 Å². The number of morpholine rings is 1. The predicted octanol–water partition coefficient (Wildman–Crippen LogP) is 2.42. The highest BCUT2D eigenvalue weighted by molar-refractivity contribution is 7.90. The topological polar surface area (TPSA) is 102 Å². The maximum Gasteiger partial charge on any atom is 0.417 e. The van der Waals surface area contributed by atoms with Gasteiger partial charge in [0.15, 0.2) is 6.10 Å². The summed E-state index contributed by atoms with van der Waals surface area (Å²) < 4.78 is 71.3. The van der Waals surface area contributed by atoms with E-state index in [1.165, 1.54) is 24.3 Å². The smallest absolute Gasteiger partial charge is 0.356 e. The molecule has 160 valence electrons. The van der Waals surface area contributed by atoms with E-state index in [0.29, 0.717) is 16.7 Å². The number of sulfonamides is 1. The number of alkyl halides is 3. The molecule has 2 atom stereocenters. The van der Waals surface area contributed by atoms with Gasteiger partial charge >= 0.3 is 6.18 Å². The van der Waals surface area contributed by atoms with Crippen LogP contribution in [0, 0.1) is 0 Å². The van der Waals surface area contributed by atoms with Crippen LogP contribution in [0.15, 0.2) is 53.4 Å². The Morgan fingerprint density at radius 3 is 2.40 bits per heavy atom. The van der Waals surface area contributed by atoms with E-state index in [9.17, 15) is 31.2 Å². The number of benzene rings is 2. The number of halogens is 4. The summed E-state index contributed by atoms with van der Waals surface area (Å²) in [4.78, 5) is 23.2. The first-order valence-corrected chi connectivity index (χ1v) is 10.2. The number of carbonyl (C=O) groups is 2. The third-order valence-corrected chi connectivity index (χ3v) is 5.87. The van der Waals surface area contributed by atoms with Gasteiger partial charge in [-0.3, -0.25) is 9.59 Å². The van der Waals surface area contributed by atoms with Crippen molar-refractivity contribution >= 4 is 33.4 Å². The lowest BCUT2D eigenvalue weighted by Crippen LogP contribution is -2.53. The molecule has 2 aromatic rings. The molecule has 0 bridgehead atoms. The fraction of sp³-hybridized carbons (Fsp3) is 0.222. The second kappa shape index (κ2) is 8.25. The Morgan fingerprint density at radius 1 is 1.13 bits per heavy atom. The molecule has 12 heteroatoms. The largest absolute Gasteiger partial charge is 0.417 e. The summed E-state index contributed by atoms with van der Waals surface area (Å²) in [7, 11) is -4.88. The Hall–Kier alpha value is -2.63. The summed E-state index contributed by atoms with van der Waals surface area (Å²) in [5.74, 6) is -1.78. The van der Waals surface area contributed by atoms with Crippen LogP contribution in [0.1, 0.15) is 17.2 Å². The third-order valence-electron chi connectivity index (χ3n) is 4.22. The summed E-state index contributed by atoms with van der Waals surface area (Å²) >= 11 is 5.82. The summed E-state index contributed by atoms with van der Waals surface area (Å²) in [5, 5.41) is 2.89. The van der Waals surface area contributed by atoms with Crippen LogP contribution in [0.4, 0.5) is 13.2 Å².